The lowest BCUT2D eigenvalue weighted by Gasteiger charge is -2.33. The smallest absolute Gasteiger partial charge is 0.0624 e. The topological polar surface area (TPSA) is 38.5 Å². The van der Waals surface area contributed by atoms with E-state index < -0.39 is 0 Å². The third-order valence-electron chi connectivity index (χ3n) is 3.91. The van der Waals surface area contributed by atoms with Crippen LogP contribution >= 0.6 is 0 Å². The van der Waals surface area contributed by atoms with Gasteiger partial charge in [-0.2, -0.15) is 0 Å². The van der Waals surface area contributed by atoms with Gasteiger partial charge in [-0.15, -0.1) is 0 Å². The van der Waals surface area contributed by atoms with Gasteiger partial charge in [-0.3, -0.25) is 4.90 Å². The third-order valence-corrected chi connectivity index (χ3v) is 3.91. The zero-order valence-corrected chi connectivity index (χ0v) is 11.4. The van der Waals surface area contributed by atoms with Gasteiger partial charge >= 0.3 is 0 Å². The Morgan fingerprint density at radius 1 is 1.39 bits per heavy atom. The highest BCUT2D eigenvalue weighted by atomic mass is 16.5. The van der Waals surface area contributed by atoms with Crippen LogP contribution in [0.15, 0.2) is 30.3 Å². The predicted molar refractivity (Wildman–Crippen MR) is 74.3 cm³/mol. The van der Waals surface area contributed by atoms with Gasteiger partial charge in [-0.25, -0.2) is 0 Å². The summed E-state index contributed by atoms with van der Waals surface area (Å²) in [4.78, 5) is 2.45. The Labute approximate surface area is 110 Å². The van der Waals surface area contributed by atoms with Crippen molar-refractivity contribution in [3.8, 4) is 0 Å². The summed E-state index contributed by atoms with van der Waals surface area (Å²) >= 11 is 0. The van der Waals surface area contributed by atoms with Gasteiger partial charge in [0.25, 0.3) is 0 Å². The normalized spacial score (nSPS) is 27.9. The fourth-order valence-corrected chi connectivity index (χ4v) is 2.52. The van der Waals surface area contributed by atoms with Crippen LogP contribution in [0, 0.1) is 5.41 Å². The molecule has 2 N–H and O–H groups in total. The van der Waals surface area contributed by atoms with Crippen molar-refractivity contribution in [2.24, 2.45) is 11.1 Å². The highest BCUT2D eigenvalue weighted by Gasteiger charge is 2.38. The molecule has 3 heteroatoms. The maximum atomic E-state index is 6.16. The molecule has 1 fully saturated rings. The minimum atomic E-state index is 0.0881. The first-order valence-corrected chi connectivity index (χ1v) is 6.73. The van der Waals surface area contributed by atoms with Crippen LogP contribution in [0.1, 0.15) is 19.4 Å². The van der Waals surface area contributed by atoms with Crippen LogP contribution in [0.2, 0.25) is 0 Å². The Kier molecular flexibility index (Phi) is 4.38. The molecule has 2 unspecified atom stereocenters. The van der Waals surface area contributed by atoms with Crippen molar-refractivity contribution in [1.82, 2.24) is 4.90 Å². The lowest BCUT2D eigenvalue weighted by atomic mass is 9.85. The molecule has 0 radical (unpaired) electrons. The largest absolute Gasteiger partial charge is 0.379 e. The summed E-state index contributed by atoms with van der Waals surface area (Å²) in [6.45, 7) is 8.93. The van der Waals surface area contributed by atoms with Gasteiger partial charge in [0.1, 0.15) is 0 Å². The van der Waals surface area contributed by atoms with Crippen LogP contribution < -0.4 is 5.73 Å². The van der Waals surface area contributed by atoms with Crippen LogP contribution in [-0.4, -0.2) is 37.2 Å². The highest BCUT2D eigenvalue weighted by molar-refractivity contribution is 5.14. The third kappa shape index (κ3) is 3.10. The molecule has 1 aromatic carbocycles. The molecule has 0 saturated carbocycles. The Balaban J connectivity index is 1.97. The van der Waals surface area contributed by atoms with Crippen molar-refractivity contribution in [3.63, 3.8) is 0 Å². The zero-order chi connectivity index (χ0) is 13.0. The second-order valence-corrected chi connectivity index (χ2v) is 5.56. The van der Waals surface area contributed by atoms with Crippen molar-refractivity contribution in [2.45, 2.75) is 26.4 Å². The van der Waals surface area contributed by atoms with Crippen molar-refractivity contribution in [2.75, 3.05) is 26.3 Å². The first-order chi connectivity index (χ1) is 8.64. The molecule has 0 bridgehead atoms. The molecule has 100 valence electrons. The average Bonchev–Trinajstić information content (AvgIpc) is 2.70. The van der Waals surface area contributed by atoms with Gasteiger partial charge in [0.05, 0.1) is 13.2 Å². The average molecular weight is 248 g/mol. The molecule has 0 amide bonds. The molecule has 2 rings (SSSR count). The van der Waals surface area contributed by atoms with Gasteiger partial charge in [0.2, 0.25) is 0 Å². The van der Waals surface area contributed by atoms with Crippen LogP contribution in [-0.2, 0) is 11.3 Å². The first-order valence-electron chi connectivity index (χ1n) is 6.73. The number of nitrogens with zero attached hydrogens (tertiary/aromatic N) is 1. The van der Waals surface area contributed by atoms with Gasteiger partial charge in [-0.05, 0) is 12.1 Å². The summed E-state index contributed by atoms with van der Waals surface area (Å²) in [5, 5.41) is 0. The van der Waals surface area contributed by atoms with E-state index in [2.05, 4.69) is 49.1 Å². The van der Waals surface area contributed by atoms with Crippen molar-refractivity contribution >= 4 is 0 Å². The number of rotatable bonds is 5. The second kappa shape index (κ2) is 5.83. The maximum Gasteiger partial charge on any atom is 0.0624 e. The molecular weight excluding hydrogens is 224 g/mol. The number of nitrogens with two attached hydrogens (primary N) is 1. The summed E-state index contributed by atoms with van der Waals surface area (Å²) < 4.78 is 5.52. The molecule has 1 aliphatic heterocycles. The monoisotopic (exact) mass is 248 g/mol. The Bertz CT molecular complexity index is 368. The highest BCUT2D eigenvalue weighted by Crippen LogP contribution is 2.28. The summed E-state index contributed by atoms with van der Waals surface area (Å²) in [5.41, 5.74) is 7.60. The summed E-state index contributed by atoms with van der Waals surface area (Å²) in [5.74, 6) is 0. The molecule has 18 heavy (non-hydrogen) atoms. The van der Waals surface area contributed by atoms with Crippen LogP contribution in [0.4, 0.5) is 0 Å². The van der Waals surface area contributed by atoms with Gasteiger partial charge in [0.15, 0.2) is 0 Å². The van der Waals surface area contributed by atoms with Crippen molar-refractivity contribution in [1.29, 1.82) is 0 Å². The van der Waals surface area contributed by atoms with E-state index >= 15 is 0 Å². The van der Waals surface area contributed by atoms with E-state index in [1.807, 2.05) is 0 Å². The fraction of sp³-hybridized carbons (Fsp3) is 0.600. The van der Waals surface area contributed by atoms with E-state index in [1.54, 1.807) is 0 Å². The van der Waals surface area contributed by atoms with Crippen molar-refractivity contribution in [3.05, 3.63) is 35.9 Å². The minimum absolute atomic E-state index is 0.0881. The molecule has 0 aromatic heterocycles. The second-order valence-electron chi connectivity index (χ2n) is 5.56. The summed E-state index contributed by atoms with van der Waals surface area (Å²) in [6.07, 6.45) is 0. The molecular formula is C15H24N2O. The number of ether oxygens (including phenoxy) is 1. The Morgan fingerprint density at radius 2 is 2.11 bits per heavy atom. The molecule has 0 spiro atoms. The van der Waals surface area contributed by atoms with E-state index in [0.717, 1.165) is 26.2 Å². The summed E-state index contributed by atoms with van der Waals surface area (Å²) in [7, 11) is 0. The minimum Gasteiger partial charge on any atom is -0.379 e. The summed E-state index contributed by atoms with van der Waals surface area (Å²) in [6, 6.07) is 10.8. The molecule has 2 atom stereocenters. The molecule has 1 aromatic rings. The maximum absolute atomic E-state index is 6.16. The molecule has 3 nitrogen and oxygen atoms in total. The SMILES string of the molecule is CCN(Cc1ccccc1)CC1(C)COCC1N. The van der Waals surface area contributed by atoms with Gasteiger partial charge < -0.3 is 10.5 Å². The van der Waals surface area contributed by atoms with Crippen LogP contribution in [0.5, 0.6) is 0 Å². The molecule has 1 aliphatic rings. The Hall–Kier alpha value is -0.900. The molecule has 0 aliphatic carbocycles. The van der Waals surface area contributed by atoms with E-state index in [-0.39, 0.29) is 11.5 Å². The van der Waals surface area contributed by atoms with E-state index in [4.69, 9.17) is 10.5 Å². The van der Waals surface area contributed by atoms with E-state index in [0.29, 0.717) is 6.61 Å². The standard InChI is InChI=1S/C15H24N2O/c1-3-17(9-13-7-5-4-6-8-13)11-15(2)12-18-10-14(15)16/h4-8,14H,3,9-12,16H2,1-2H3. The first kappa shape index (κ1) is 13.5. The predicted octanol–water partition coefficient (Wildman–Crippen LogP) is 1.87. The lowest BCUT2D eigenvalue weighted by Crippen LogP contribution is -2.46. The Morgan fingerprint density at radius 3 is 2.67 bits per heavy atom. The quantitative estimate of drug-likeness (QED) is 0.864. The molecule has 1 saturated heterocycles. The van der Waals surface area contributed by atoms with E-state index in [1.165, 1.54) is 5.56 Å². The van der Waals surface area contributed by atoms with Crippen molar-refractivity contribution < 1.29 is 4.74 Å². The number of hydrogen-bond acceptors (Lipinski definition) is 3. The van der Waals surface area contributed by atoms with Crippen LogP contribution in [0.25, 0.3) is 0 Å². The number of hydrogen-bond donors (Lipinski definition) is 1. The lowest BCUT2D eigenvalue weighted by molar-refractivity contribution is 0.118. The zero-order valence-electron chi connectivity index (χ0n) is 11.4. The molecule has 1 heterocycles. The van der Waals surface area contributed by atoms with E-state index in [9.17, 15) is 0 Å². The number of benzene rings is 1. The van der Waals surface area contributed by atoms with Crippen LogP contribution in [0.3, 0.4) is 0 Å². The fourth-order valence-electron chi connectivity index (χ4n) is 2.52. The van der Waals surface area contributed by atoms with Gasteiger partial charge in [0, 0.05) is 24.5 Å². The van der Waals surface area contributed by atoms with Gasteiger partial charge in [-0.1, -0.05) is 44.2 Å².